The molecule has 5 heteroatoms. The van der Waals surface area contributed by atoms with Crippen LogP contribution in [0.25, 0.3) is 0 Å². The number of anilines is 1. The van der Waals surface area contributed by atoms with Gasteiger partial charge in [0.1, 0.15) is 5.82 Å². The molecule has 1 saturated heterocycles. The summed E-state index contributed by atoms with van der Waals surface area (Å²) in [5.74, 6) is 0.989. The van der Waals surface area contributed by atoms with Gasteiger partial charge in [-0.2, -0.15) is 0 Å². The summed E-state index contributed by atoms with van der Waals surface area (Å²) in [6.45, 7) is 3.37. The molecule has 1 aromatic heterocycles. The molecule has 1 aromatic rings. The third kappa shape index (κ3) is 2.10. The Hall–Kier alpha value is -0.130. The van der Waals surface area contributed by atoms with Crippen LogP contribution in [0.3, 0.4) is 0 Å². The number of rotatable bonds is 1. The van der Waals surface area contributed by atoms with E-state index in [4.69, 9.17) is 4.74 Å². The molecule has 0 amide bonds. The van der Waals surface area contributed by atoms with Gasteiger partial charge in [-0.25, -0.2) is 4.98 Å². The Morgan fingerprint density at radius 3 is 2.71 bits per heavy atom. The Morgan fingerprint density at radius 2 is 2.00 bits per heavy atom. The molecule has 0 unspecified atom stereocenters. The molecule has 0 aromatic carbocycles. The number of morpholine rings is 1. The van der Waals surface area contributed by atoms with E-state index in [1.807, 2.05) is 6.07 Å². The number of halogens is 2. The van der Waals surface area contributed by atoms with E-state index in [1.54, 1.807) is 6.20 Å². The van der Waals surface area contributed by atoms with E-state index in [2.05, 4.69) is 41.7 Å². The Morgan fingerprint density at radius 1 is 1.29 bits per heavy atom. The lowest BCUT2D eigenvalue weighted by atomic mass is 10.4. The van der Waals surface area contributed by atoms with Crippen LogP contribution in [0.1, 0.15) is 0 Å². The largest absolute Gasteiger partial charge is 0.378 e. The van der Waals surface area contributed by atoms with Crippen LogP contribution in [-0.2, 0) is 4.74 Å². The average molecular weight is 322 g/mol. The van der Waals surface area contributed by atoms with Crippen LogP contribution in [-0.4, -0.2) is 31.3 Å². The molecule has 1 aliphatic heterocycles. The molecule has 0 aliphatic carbocycles. The van der Waals surface area contributed by atoms with Crippen molar-refractivity contribution in [3.05, 3.63) is 21.2 Å². The summed E-state index contributed by atoms with van der Waals surface area (Å²) >= 11 is 6.99. The van der Waals surface area contributed by atoms with Gasteiger partial charge in [0.2, 0.25) is 0 Å². The number of aromatic nitrogens is 1. The molecule has 2 heterocycles. The second kappa shape index (κ2) is 4.59. The summed E-state index contributed by atoms with van der Waals surface area (Å²) in [4.78, 5) is 6.58. The zero-order chi connectivity index (χ0) is 9.97. The molecule has 0 bridgehead atoms. The molecule has 0 radical (unpaired) electrons. The molecule has 14 heavy (non-hydrogen) atoms. The maximum absolute atomic E-state index is 5.29. The molecule has 0 saturated carbocycles. The van der Waals surface area contributed by atoms with E-state index >= 15 is 0 Å². The second-order valence-corrected chi connectivity index (χ2v) is 4.68. The van der Waals surface area contributed by atoms with Gasteiger partial charge in [0.15, 0.2) is 0 Å². The summed E-state index contributed by atoms with van der Waals surface area (Å²) in [6.07, 6.45) is 1.81. The minimum absolute atomic E-state index is 0.778. The zero-order valence-corrected chi connectivity index (χ0v) is 10.7. The predicted molar refractivity (Wildman–Crippen MR) is 62.7 cm³/mol. The van der Waals surface area contributed by atoms with Gasteiger partial charge in [-0.15, -0.1) is 0 Å². The van der Waals surface area contributed by atoms with Gasteiger partial charge >= 0.3 is 0 Å². The highest BCUT2D eigenvalue weighted by Gasteiger charge is 2.16. The Kier molecular flexibility index (Phi) is 3.41. The fourth-order valence-corrected chi connectivity index (χ4v) is 2.19. The lowest BCUT2D eigenvalue weighted by Gasteiger charge is -2.28. The molecular weight excluding hydrogens is 312 g/mol. The van der Waals surface area contributed by atoms with Gasteiger partial charge in [-0.3, -0.25) is 0 Å². The monoisotopic (exact) mass is 320 g/mol. The first-order valence-electron chi connectivity index (χ1n) is 4.42. The number of hydrogen-bond donors (Lipinski definition) is 0. The van der Waals surface area contributed by atoms with Crippen molar-refractivity contribution in [1.29, 1.82) is 0 Å². The van der Waals surface area contributed by atoms with Crippen LogP contribution in [0.4, 0.5) is 5.82 Å². The highest BCUT2D eigenvalue weighted by atomic mass is 79.9. The first kappa shape index (κ1) is 10.4. The van der Waals surface area contributed by atoms with E-state index in [0.717, 1.165) is 41.1 Å². The fraction of sp³-hybridized carbons (Fsp3) is 0.444. The summed E-state index contributed by atoms with van der Waals surface area (Å²) in [7, 11) is 0. The topological polar surface area (TPSA) is 25.4 Å². The van der Waals surface area contributed by atoms with Crippen molar-refractivity contribution in [3.8, 4) is 0 Å². The summed E-state index contributed by atoms with van der Waals surface area (Å²) in [6, 6.07) is 1.92. The van der Waals surface area contributed by atoms with Crippen molar-refractivity contribution in [1.82, 2.24) is 4.98 Å². The fourth-order valence-electron chi connectivity index (χ4n) is 1.41. The SMILES string of the molecule is Brc1ccnc(N2CCOCC2)c1Br. The van der Waals surface area contributed by atoms with Gasteiger partial charge in [-0.1, -0.05) is 0 Å². The van der Waals surface area contributed by atoms with Gasteiger partial charge in [0.25, 0.3) is 0 Å². The van der Waals surface area contributed by atoms with Crippen LogP contribution in [0, 0.1) is 0 Å². The molecule has 76 valence electrons. The van der Waals surface area contributed by atoms with Gasteiger partial charge in [-0.05, 0) is 37.9 Å². The van der Waals surface area contributed by atoms with Crippen molar-refractivity contribution in [2.45, 2.75) is 0 Å². The van der Waals surface area contributed by atoms with Gasteiger partial charge < -0.3 is 9.64 Å². The van der Waals surface area contributed by atoms with Crippen molar-refractivity contribution < 1.29 is 4.74 Å². The Labute approximate surface area is 99.7 Å². The van der Waals surface area contributed by atoms with Gasteiger partial charge in [0.05, 0.1) is 17.7 Å². The summed E-state index contributed by atoms with van der Waals surface area (Å²) in [5.41, 5.74) is 0. The van der Waals surface area contributed by atoms with Crippen LogP contribution in [0.2, 0.25) is 0 Å². The summed E-state index contributed by atoms with van der Waals surface area (Å²) < 4.78 is 7.35. The van der Waals surface area contributed by atoms with Crippen LogP contribution >= 0.6 is 31.9 Å². The van der Waals surface area contributed by atoms with Crippen LogP contribution in [0.5, 0.6) is 0 Å². The number of hydrogen-bond acceptors (Lipinski definition) is 3. The molecule has 2 rings (SSSR count). The van der Waals surface area contributed by atoms with E-state index < -0.39 is 0 Å². The van der Waals surface area contributed by atoms with E-state index in [0.29, 0.717) is 0 Å². The first-order chi connectivity index (χ1) is 6.79. The Balaban J connectivity index is 2.26. The molecule has 0 atom stereocenters. The Bertz CT molecular complexity index is 327. The molecule has 3 nitrogen and oxygen atoms in total. The molecule has 0 N–H and O–H groups in total. The predicted octanol–water partition coefficient (Wildman–Crippen LogP) is 2.44. The smallest absolute Gasteiger partial charge is 0.144 e. The third-order valence-corrected chi connectivity index (χ3v) is 4.11. The lowest BCUT2D eigenvalue weighted by Crippen LogP contribution is -2.37. The maximum Gasteiger partial charge on any atom is 0.144 e. The summed E-state index contributed by atoms with van der Waals surface area (Å²) in [5, 5.41) is 0. The number of ether oxygens (including phenoxy) is 1. The lowest BCUT2D eigenvalue weighted by molar-refractivity contribution is 0.122. The quantitative estimate of drug-likeness (QED) is 0.794. The molecule has 1 fully saturated rings. The standard InChI is InChI=1S/C9H10Br2N2O/c10-7-1-2-12-9(8(7)11)13-3-5-14-6-4-13/h1-2H,3-6H2. The van der Waals surface area contributed by atoms with E-state index in [-0.39, 0.29) is 0 Å². The highest BCUT2D eigenvalue weighted by molar-refractivity contribution is 9.13. The first-order valence-corrected chi connectivity index (χ1v) is 6.00. The number of nitrogens with zero attached hydrogens (tertiary/aromatic N) is 2. The molecule has 0 spiro atoms. The van der Waals surface area contributed by atoms with Crippen molar-refractivity contribution in [3.63, 3.8) is 0 Å². The highest BCUT2D eigenvalue weighted by Crippen LogP contribution is 2.31. The molecular formula is C9H10Br2N2O. The van der Waals surface area contributed by atoms with Crippen molar-refractivity contribution in [2.24, 2.45) is 0 Å². The van der Waals surface area contributed by atoms with E-state index in [9.17, 15) is 0 Å². The maximum atomic E-state index is 5.29. The second-order valence-electron chi connectivity index (χ2n) is 3.03. The van der Waals surface area contributed by atoms with Crippen molar-refractivity contribution >= 4 is 37.7 Å². The van der Waals surface area contributed by atoms with Crippen molar-refractivity contribution in [2.75, 3.05) is 31.2 Å². The minimum atomic E-state index is 0.778. The average Bonchev–Trinajstić information content (AvgIpc) is 2.23. The third-order valence-electron chi connectivity index (χ3n) is 2.13. The van der Waals surface area contributed by atoms with Gasteiger partial charge in [0, 0.05) is 23.8 Å². The number of pyridine rings is 1. The molecule has 1 aliphatic rings. The van der Waals surface area contributed by atoms with E-state index in [1.165, 1.54) is 0 Å². The normalized spacial score (nSPS) is 17.1. The zero-order valence-electron chi connectivity index (χ0n) is 7.54. The van der Waals surface area contributed by atoms with Crippen LogP contribution in [0.15, 0.2) is 21.2 Å². The minimum Gasteiger partial charge on any atom is -0.378 e. The van der Waals surface area contributed by atoms with Crippen LogP contribution < -0.4 is 4.90 Å².